The minimum Gasteiger partial charge on any atom is -0.494 e. The molecule has 2 rings (SSSR count). The van der Waals surface area contributed by atoms with Gasteiger partial charge in [0.05, 0.1) is 18.8 Å². The first kappa shape index (κ1) is 15.9. The third-order valence-electron chi connectivity index (χ3n) is 3.38. The highest BCUT2D eigenvalue weighted by atomic mass is 79.9. The van der Waals surface area contributed by atoms with Crippen LogP contribution in [0, 0.1) is 0 Å². The molecular weight excluding hydrogens is 330 g/mol. The molecule has 0 radical (unpaired) electrons. The fourth-order valence-corrected chi connectivity index (χ4v) is 2.40. The van der Waals surface area contributed by atoms with E-state index in [2.05, 4.69) is 21.2 Å². The second-order valence-corrected chi connectivity index (χ2v) is 6.00. The fourth-order valence-electron chi connectivity index (χ4n) is 2.14. The highest BCUT2D eigenvalue weighted by Gasteiger charge is 2.25. The first-order valence-corrected chi connectivity index (χ1v) is 7.74. The van der Waals surface area contributed by atoms with Gasteiger partial charge in [-0.2, -0.15) is 0 Å². The smallest absolute Gasteiger partial charge is 0.119 e. The van der Waals surface area contributed by atoms with E-state index >= 15 is 0 Å². The Hall–Kier alpha value is -1.52. The van der Waals surface area contributed by atoms with Crippen molar-refractivity contribution in [3.8, 4) is 5.75 Å². The zero-order chi connectivity index (χ0) is 15.3. The summed E-state index contributed by atoms with van der Waals surface area (Å²) in [6.07, 6.45) is 0. The lowest BCUT2D eigenvalue weighted by atomic mass is 9.92. The maximum atomic E-state index is 9.82. The van der Waals surface area contributed by atoms with Gasteiger partial charge in [0.1, 0.15) is 5.75 Å². The Morgan fingerprint density at radius 3 is 2.24 bits per heavy atom. The van der Waals surface area contributed by atoms with Crippen molar-refractivity contribution >= 4 is 21.6 Å². The molecule has 0 heterocycles. The zero-order valence-electron chi connectivity index (χ0n) is 12.3. The molecule has 0 saturated heterocycles. The van der Waals surface area contributed by atoms with Gasteiger partial charge in [0.2, 0.25) is 0 Å². The molecule has 0 fully saturated rings. The van der Waals surface area contributed by atoms with Crippen molar-refractivity contribution in [1.29, 1.82) is 0 Å². The van der Waals surface area contributed by atoms with Crippen LogP contribution in [0.3, 0.4) is 0 Å². The van der Waals surface area contributed by atoms with Crippen molar-refractivity contribution in [2.45, 2.75) is 19.4 Å². The lowest BCUT2D eigenvalue weighted by molar-refractivity contribution is 0.224. The van der Waals surface area contributed by atoms with Crippen LogP contribution in [-0.4, -0.2) is 18.3 Å². The van der Waals surface area contributed by atoms with Crippen LogP contribution in [-0.2, 0) is 5.54 Å². The first-order valence-electron chi connectivity index (χ1n) is 6.95. The Labute approximate surface area is 134 Å². The molecule has 0 aliphatic carbocycles. The average Bonchev–Trinajstić information content (AvgIpc) is 2.50. The summed E-state index contributed by atoms with van der Waals surface area (Å²) >= 11 is 3.42. The molecule has 21 heavy (non-hydrogen) atoms. The Kier molecular flexibility index (Phi) is 5.26. The lowest BCUT2D eigenvalue weighted by Gasteiger charge is -2.30. The maximum absolute atomic E-state index is 9.82. The molecule has 0 aliphatic heterocycles. The highest BCUT2D eigenvalue weighted by Crippen LogP contribution is 2.28. The van der Waals surface area contributed by atoms with Gasteiger partial charge in [-0.1, -0.05) is 28.1 Å². The number of anilines is 1. The first-order chi connectivity index (χ1) is 10.1. The van der Waals surface area contributed by atoms with E-state index in [0.717, 1.165) is 21.5 Å². The Balaban J connectivity index is 2.21. The number of nitrogens with one attached hydrogen (secondary N) is 1. The number of hydrogen-bond donors (Lipinski definition) is 2. The van der Waals surface area contributed by atoms with E-state index in [1.54, 1.807) is 0 Å². The average molecular weight is 350 g/mol. The van der Waals surface area contributed by atoms with Crippen molar-refractivity contribution < 1.29 is 9.84 Å². The Morgan fingerprint density at radius 1 is 1.10 bits per heavy atom. The Morgan fingerprint density at radius 2 is 1.71 bits per heavy atom. The molecule has 0 saturated carbocycles. The van der Waals surface area contributed by atoms with Crippen LogP contribution in [0.1, 0.15) is 19.4 Å². The summed E-state index contributed by atoms with van der Waals surface area (Å²) in [5.41, 5.74) is 1.43. The third kappa shape index (κ3) is 3.99. The summed E-state index contributed by atoms with van der Waals surface area (Å²) in [4.78, 5) is 0. The van der Waals surface area contributed by atoms with Gasteiger partial charge in [0.15, 0.2) is 0 Å². The van der Waals surface area contributed by atoms with Gasteiger partial charge in [-0.25, -0.2) is 0 Å². The second kappa shape index (κ2) is 6.96. The molecule has 1 unspecified atom stereocenters. The van der Waals surface area contributed by atoms with E-state index in [0.29, 0.717) is 6.61 Å². The summed E-state index contributed by atoms with van der Waals surface area (Å²) in [6, 6.07) is 15.7. The molecule has 0 aromatic heterocycles. The molecule has 0 bridgehead atoms. The largest absolute Gasteiger partial charge is 0.494 e. The van der Waals surface area contributed by atoms with Crippen molar-refractivity contribution in [3.05, 3.63) is 58.6 Å². The van der Waals surface area contributed by atoms with E-state index in [-0.39, 0.29) is 6.61 Å². The minimum absolute atomic E-state index is 0.00293. The predicted molar refractivity (Wildman–Crippen MR) is 89.8 cm³/mol. The molecule has 0 spiro atoms. The fraction of sp³-hybridized carbons (Fsp3) is 0.294. The molecule has 112 valence electrons. The summed E-state index contributed by atoms with van der Waals surface area (Å²) < 4.78 is 6.48. The van der Waals surface area contributed by atoms with Crippen LogP contribution in [0.15, 0.2) is 53.0 Å². The third-order valence-corrected chi connectivity index (χ3v) is 3.91. The SMILES string of the molecule is CCOc1ccc(C(C)(CO)Nc2ccc(Br)cc2)cc1. The highest BCUT2D eigenvalue weighted by molar-refractivity contribution is 9.10. The van der Waals surface area contributed by atoms with Gasteiger partial charge in [-0.3, -0.25) is 0 Å². The van der Waals surface area contributed by atoms with Crippen molar-refractivity contribution in [2.24, 2.45) is 0 Å². The molecule has 2 N–H and O–H groups in total. The van der Waals surface area contributed by atoms with E-state index in [9.17, 15) is 5.11 Å². The van der Waals surface area contributed by atoms with Crippen LogP contribution < -0.4 is 10.1 Å². The van der Waals surface area contributed by atoms with Crippen LogP contribution in [0.25, 0.3) is 0 Å². The zero-order valence-corrected chi connectivity index (χ0v) is 13.9. The van der Waals surface area contributed by atoms with Crippen molar-refractivity contribution in [3.63, 3.8) is 0 Å². The molecule has 2 aromatic carbocycles. The monoisotopic (exact) mass is 349 g/mol. The van der Waals surface area contributed by atoms with E-state index in [4.69, 9.17) is 4.74 Å². The summed E-state index contributed by atoms with van der Waals surface area (Å²) in [6.45, 7) is 4.58. The van der Waals surface area contributed by atoms with Gasteiger partial charge in [0.25, 0.3) is 0 Å². The molecule has 0 amide bonds. The molecule has 4 heteroatoms. The van der Waals surface area contributed by atoms with Gasteiger partial charge in [0, 0.05) is 10.2 Å². The molecule has 2 aromatic rings. The van der Waals surface area contributed by atoms with Gasteiger partial charge in [-0.05, 0) is 55.8 Å². The molecular formula is C17H20BrNO2. The number of ether oxygens (including phenoxy) is 1. The van der Waals surface area contributed by atoms with E-state index in [1.807, 2.05) is 62.4 Å². The van der Waals surface area contributed by atoms with Crippen molar-refractivity contribution in [2.75, 3.05) is 18.5 Å². The molecule has 1 atom stereocenters. The normalized spacial score (nSPS) is 13.5. The standard InChI is InChI=1S/C17H20BrNO2/c1-3-21-16-10-4-13(5-11-16)17(2,12-20)19-15-8-6-14(18)7-9-15/h4-11,19-20H,3,12H2,1-2H3. The number of rotatable bonds is 6. The number of aliphatic hydroxyl groups excluding tert-OH is 1. The minimum atomic E-state index is -0.543. The quantitative estimate of drug-likeness (QED) is 0.822. The van der Waals surface area contributed by atoms with E-state index in [1.165, 1.54) is 0 Å². The summed E-state index contributed by atoms with van der Waals surface area (Å²) in [5.74, 6) is 0.838. The van der Waals surface area contributed by atoms with Crippen LogP contribution in [0.2, 0.25) is 0 Å². The molecule has 0 aliphatic rings. The number of hydrogen-bond acceptors (Lipinski definition) is 3. The maximum Gasteiger partial charge on any atom is 0.119 e. The lowest BCUT2D eigenvalue weighted by Crippen LogP contribution is -2.35. The number of benzene rings is 2. The van der Waals surface area contributed by atoms with Crippen molar-refractivity contribution in [1.82, 2.24) is 0 Å². The van der Waals surface area contributed by atoms with Gasteiger partial charge in [-0.15, -0.1) is 0 Å². The molecule has 3 nitrogen and oxygen atoms in total. The Bertz CT molecular complexity index is 568. The topological polar surface area (TPSA) is 41.5 Å². The number of halogens is 1. The van der Waals surface area contributed by atoms with E-state index < -0.39 is 5.54 Å². The van der Waals surface area contributed by atoms with Crippen LogP contribution in [0.5, 0.6) is 5.75 Å². The summed E-state index contributed by atoms with van der Waals surface area (Å²) in [5, 5.41) is 13.2. The van der Waals surface area contributed by atoms with Crippen LogP contribution in [0.4, 0.5) is 5.69 Å². The second-order valence-electron chi connectivity index (χ2n) is 5.08. The number of aliphatic hydroxyl groups is 1. The summed E-state index contributed by atoms with van der Waals surface area (Å²) in [7, 11) is 0. The van der Waals surface area contributed by atoms with Crippen LogP contribution >= 0.6 is 15.9 Å². The van der Waals surface area contributed by atoms with Gasteiger partial charge < -0.3 is 15.2 Å². The predicted octanol–water partition coefficient (Wildman–Crippen LogP) is 4.17. The van der Waals surface area contributed by atoms with Gasteiger partial charge >= 0.3 is 0 Å².